The minimum atomic E-state index is -0.240. The van der Waals surface area contributed by atoms with Crippen molar-refractivity contribution in [1.82, 2.24) is 4.90 Å². The number of amides is 1. The summed E-state index contributed by atoms with van der Waals surface area (Å²) in [5.74, 6) is -0.113. The van der Waals surface area contributed by atoms with E-state index < -0.39 is 0 Å². The minimum Gasteiger partial charge on any atom is -0.371 e. The zero-order valence-electron chi connectivity index (χ0n) is 12.3. The maximum absolute atomic E-state index is 13.0. The highest BCUT2D eigenvalue weighted by atomic mass is 19.1. The Morgan fingerprint density at radius 2 is 1.75 bits per heavy atom. The molecule has 0 atom stereocenters. The first-order valence-electron chi connectivity index (χ1n) is 6.95. The lowest BCUT2D eigenvalue weighted by Gasteiger charge is -2.25. The minimum absolute atomic E-state index is 0.128. The van der Waals surface area contributed by atoms with Gasteiger partial charge in [0.05, 0.1) is 0 Å². The largest absolute Gasteiger partial charge is 0.371 e. The highest BCUT2D eigenvalue weighted by Crippen LogP contribution is 2.16. The van der Waals surface area contributed by atoms with Gasteiger partial charge in [-0.3, -0.25) is 4.79 Å². The zero-order valence-corrected chi connectivity index (χ0v) is 12.3. The predicted molar refractivity (Wildman–Crippen MR) is 80.2 cm³/mol. The van der Waals surface area contributed by atoms with E-state index in [2.05, 4.69) is 4.90 Å². The van der Waals surface area contributed by atoms with Gasteiger partial charge in [0.25, 0.3) is 0 Å². The van der Waals surface area contributed by atoms with Crippen LogP contribution in [0, 0.1) is 5.82 Å². The first-order valence-corrected chi connectivity index (χ1v) is 6.95. The fourth-order valence-corrected chi connectivity index (χ4v) is 1.95. The molecule has 1 aromatic rings. The summed E-state index contributed by atoms with van der Waals surface area (Å²) in [6.07, 6.45) is 2.17. The second kappa shape index (κ2) is 8.53. The molecule has 0 saturated heterocycles. The Bertz CT molecular complexity index is 406. The fraction of sp³-hybridized carbons (Fsp3) is 0.533. The van der Waals surface area contributed by atoms with Crippen LogP contribution in [0.1, 0.15) is 19.3 Å². The summed E-state index contributed by atoms with van der Waals surface area (Å²) >= 11 is 0. The van der Waals surface area contributed by atoms with Crippen molar-refractivity contribution in [2.24, 2.45) is 5.73 Å². The summed E-state index contributed by atoms with van der Waals surface area (Å²) < 4.78 is 13.0. The van der Waals surface area contributed by atoms with Crippen molar-refractivity contribution in [2.45, 2.75) is 19.3 Å². The van der Waals surface area contributed by atoms with Gasteiger partial charge >= 0.3 is 0 Å². The number of nitrogens with zero attached hydrogens (tertiary/aromatic N) is 2. The van der Waals surface area contributed by atoms with Crippen LogP contribution in [-0.2, 0) is 4.79 Å². The van der Waals surface area contributed by atoms with Crippen LogP contribution < -0.4 is 10.6 Å². The van der Waals surface area contributed by atoms with E-state index in [1.807, 2.05) is 0 Å². The smallest absolute Gasteiger partial charge is 0.222 e. The van der Waals surface area contributed by atoms with Gasteiger partial charge in [0.15, 0.2) is 0 Å². The Morgan fingerprint density at radius 1 is 1.15 bits per heavy atom. The molecule has 4 nitrogen and oxygen atoms in total. The molecule has 0 aliphatic carbocycles. The lowest BCUT2D eigenvalue weighted by atomic mass is 10.2. The summed E-state index contributed by atoms with van der Waals surface area (Å²) in [7, 11) is 3.52. The van der Waals surface area contributed by atoms with Gasteiger partial charge < -0.3 is 15.5 Å². The maximum Gasteiger partial charge on any atom is 0.222 e. The van der Waals surface area contributed by atoms with Crippen LogP contribution >= 0.6 is 0 Å². The van der Waals surface area contributed by atoms with Crippen molar-refractivity contribution in [3.63, 3.8) is 0 Å². The van der Waals surface area contributed by atoms with E-state index in [1.54, 1.807) is 31.1 Å². The lowest BCUT2D eigenvalue weighted by molar-refractivity contribution is -0.128. The first kappa shape index (κ1) is 16.4. The summed E-state index contributed by atoms with van der Waals surface area (Å²) in [6.45, 7) is 2.21. The number of hydrogen-bond acceptors (Lipinski definition) is 3. The van der Waals surface area contributed by atoms with Gasteiger partial charge in [0.1, 0.15) is 5.82 Å². The van der Waals surface area contributed by atoms with Gasteiger partial charge in [0.2, 0.25) is 5.91 Å². The number of carbonyl (C=O) groups is 1. The molecule has 0 saturated carbocycles. The Kier molecular flexibility index (Phi) is 7.01. The summed E-state index contributed by atoms with van der Waals surface area (Å²) in [4.78, 5) is 15.3. The molecule has 2 N–H and O–H groups in total. The molecule has 1 aromatic carbocycles. The zero-order chi connectivity index (χ0) is 15.0. The van der Waals surface area contributed by atoms with Crippen molar-refractivity contribution in [1.29, 1.82) is 0 Å². The number of rotatable bonds is 8. The van der Waals surface area contributed by atoms with Crippen LogP contribution in [0.3, 0.4) is 0 Å². The van der Waals surface area contributed by atoms with E-state index in [0.29, 0.717) is 13.0 Å². The number of anilines is 1. The van der Waals surface area contributed by atoms with Crippen molar-refractivity contribution >= 4 is 11.6 Å². The molecule has 0 fully saturated rings. The Labute approximate surface area is 120 Å². The summed E-state index contributed by atoms with van der Waals surface area (Å²) in [5.41, 5.74) is 6.52. The molecular formula is C15H24FN3O. The molecule has 1 rings (SSSR count). The quantitative estimate of drug-likeness (QED) is 0.791. The molecule has 0 aliphatic heterocycles. The van der Waals surface area contributed by atoms with E-state index >= 15 is 0 Å². The van der Waals surface area contributed by atoms with E-state index in [0.717, 1.165) is 31.6 Å². The SMILES string of the molecule is CN(C)C(=O)CCCN(CCCN)c1ccc(F)cc1. The fourth-order valence-electron chi connectivity index (χ4n) is 1.95. The second-order valence-electron chi connectivity index (χ2n) is 5.00. The van der Waals surface area contributed by atoms with Gasteiger partial charge in [-0.05, 0) is 43.7 Å². The number of halogens is 1. The Morgan fingerprint density at radius 3 is 2.30 bits per heavy atom. The molecule has 0 radical (unpaired) electrons. The molecule has 20 heavy (non-hydrogen) atoms. The van der Waals surface area contributed by atoms with Gasteiger partial charge in [-0.1, -0.05) is 0 Å². The number of carbonyl (C=O) groups excluding carboxylic acids is 1. The van der Waals surface area contributed by atoms with Gasteiger partial charge in [-0.15, -0.1) is 0 Å². The molecule has 1 amide bonds. The van der Waals surface area contributed by atoms with Crippen LogP contribution in [0.25, 0.3) is 0 Å². The highest BCUT2D eigenvalue weighted by Gasteiger charge is 2.09. The Hall–Kier alpha value is -1.62. The van der Waals surface area contributed by atoms with Crippen molar-refractivity contribution in [3.8, 4) is 0 Å². The number of hydrogen-bond donors (Lipinski definition) is 1. The topological polar surface area (TPSA) is 49.6 Å². The summed E-state index contributed by atoms with van der Waals surface area (Å²) in [5, 5.41) is 0. The van der Waals surface area contributed by atoms with Gasteiger partial charge in [-0.25, -0.2) is 4.39 Å². The molecule has 0 heterocycles. The van der Waals surface area contributed by atoms with E-state index in [9.17, 15) is 9.18 Å². The average Bonchev–Trinajstić information content (AvgIpc) is 2.43. The predicted octanol–water partition coefficient (Wildman–Crippen LogP) is 1.85. The van der Waals surface area contributed by atoms with Gasteiger partial charge in [-0.2, -0.15) is 0 Å². The third-order valence-corrected chi connectivity index (χ3v) is 3.14. The second-order valence-corrected chi connectivity index (χ2v) is 5.00. The maximum atomic E-state index is 13.0. The third kappa shape index (κ3) is 5.57. The van der Waals surface area contributed by atoms with Gasteiger partial charge in [0, 0.05) is 39.3 Å². The molecule has 0 spiro atoms. The molecule has 0 aromatic heterocycles. The highest BCUT2D eigenvalue weighted by molar-refractivity contribution is 5.75. The third-order valence-electron chi connectivity index (χ3n) is 3.14. The van der Waals surface area contributed by atoms with E-state index in [4.69, 9.17) is 5.73 Å². The molecule has 5 heteroatoms. The van der Waals surface area contributed by atoms with E-state index in [-0.39, 0.29) is 11.7 Å². The van der Waals surface area contributed by atoms with Crippen LogP contribution in [0.2, 0.25) is 0 Å². The van der Waals surface area contributed by atoms with Crippen molar-refractivity contribution in [2.75, 3.05) is 38.6 Å². The molecule has 112 valence electrons. The molecule has 0 bridgehead atoms. The standard InChI is InChI=1S/C15H24FN3O/c1-18(2)15(20)5-3-11-19(12-4-10-17)14-8-6-13(16)7-9-14/h6-9H,3-5,10-12,17H2,1-2H3. The lowest BCUT2D eigenvalue weighted by Crippen LogP contribution is -2.29. The normalized spacial score (nSPS) is 10.4. The first-order chi connectivity index (χ1) is 9.54. The molecule has 0 aliphatic rings. The summed E-state index contributed by atoms with van der Waals surface area (Å²) in [6, 6.07) is 6.44. The molecular weight excluding hydrogens is 257 g/mol. The van der Waals surface area contributed by atoms with Crippen LogP contribution in [0.5, 0.6) is 0 Å². The van der Waals surface area contributed by atoms with Crippen LogP contribution in [0.4, 0.5) is 10.1 Å². The van der Waals surface area contributed by atoms with Crippen molar-refractivity contribution in [3.05, 3.63) is 30.1 Å². The Balaban J connectivity index is 2.56. The monoisotopic (exact) mass is 281 g/mol. The molecule has 0 unspecified atom stereocenters. The van der Waals surface area contributed by atoms with Crippen LogP contribution in [0.15, 0.2) is 24.3 Å². The average molecular weight is 281 g/mol. The van der Waals surface area contributed by atoms with Crippen molar-refractivity contribution < 1.29 is 9.18 Å². The van der Waals surface area contributed by atoms with Crippen LogP contribution in [-0.4, -0.2) is 44.5 Å². The number of benzene rings is 1. The number of nitrogens with two attached hydrogens (primary N) is 1. The van der Waals surface area contributed by atoms with E-state index in [1.165, 1.54) is 12.1 Å².